The van der Waals surface area contributed by atoms with E-state index < -0.39 is 31.5 Å². The summed E-state index contributed by atoms with van der Waals surface area (Å²) in [6.45, 7) is 1.50. The molecule has 2 atom stereocenters. The van der Waals surface area contributed by atoms with Crippen molar-refractivity contribution in [1.29, 1.82) is 0 Å². The number of carbonyl (C=O) groups is 1. The summed E-state index contributed by atoms with van der Waals surface area (Å²) in [6, 6.07) is 0. The van der Waals surface area contributed by atoms with Gasteiger partial charge in [0.2, 0.25) is 0 Å². The van der Waals surface area contributed by atoms with Gasteiger partial charge in [-0.25, -0.2) is 4.79 Å². The molecule has 5 nitrogen and oxygen atoms in total. The minimum absolute atomic E-state index is 0.134. The van der Waals surface area contributed by atoms with Gasteiger partial charge in [0.05, 0.1) is 13.0 Å². The van der Waals surface area contributed by atoms with Gasteiger partial charge >= 0.3 is 5.52 Å². The number of aliphatic hydroxyl groups excluding tert-OH is 3. The summed E-state index contributed by atoms with van der Waals surface area (Å²) in [5, 5.41) is 27.2. The molecule has 0 aromatic carbocycles. The molecule has 0 spiro atoms. The number of carbonyl (C=O) groups excluding carboxylic acids is 1. The smallest absolute Gasteiger partial charge is 0.321 e. The van der Waals surface area contributed by atoms with Crippen LogP contribution in [0.4, 0.5) is 0 Å². The van der Waals surface area contributed by atoms with E-state index in [1.807, 2.05) is 0 Å². The predicted octanol–water partition coefficient (Wildman–Crippen LogP) is 4.16. The highest BCUT2D eigenvalue weighted by Crippen LogP contribution is 2.20. The molecular weight excluding hydrogens is 363 g/mol. The Morgan fingerprint density at radius 3 is 1.93 bits per heavy atom. The van der Waals surface area contributed by atoms with Crippen molar-refractivity contribution in [2.75, 3.05) is 6.61 Å². The summed E-state index contributed by atoms with van der Waals surface area (Å²) in [4.78, 5) is 23.3. The lowest BCUT2D eigenvalue weighted by atomic mass is 10.1. The summed E-state index contributed by atoms with van der Waals surface area (Å²) in [7, 11) is -2.63. The topological polar surface area (TPSA) is 101 Å². The third-order valence-electron chi connectivity index (χ3n) is 4.56. The van der Waals surface area contributed by atoms with Gasteiger partial charge in [-0.2, -0.15) is 0 Å². The van der Waals surface area contributed by atoms with Gasteiger partial charge in [0.1, 0.15) is 0 Å². The zero-order valence-electron chi connectivity index (χ0n) is 16.9. The molecule has 2 unspecified atom stereocenters. The van der Waals surface area contributed by atoms with Gasteiger partial charge in [0.15, 0.2) is 13.9 Å². The molecule has 0 saturated heterocycles. The molecular formula is C21H39O5P. The molecule has 0 aromatic rings. The Morgan fingerprint density at radius 2 is 1.41 bits per heavy atom. The lowest BCUT2D eigenvalue weighted by Crippen LogP contribution is -2.26. The van der Waals surface area contributed by atoms with Crippen molar-refractivity contribution in [3.8, 4) is 0 Å². The fraction of sp³-hybridized carbons (Fsp3) is 0.810. The van der Waals surface area contributed by atoms with Crippen LogP contribution in [-0.2, 0) is 4.79 Å². The molecule has 0 heterocycles. The number of rotatable bonds is 18. The zero-order chi connectivity index (χ0) is 20.3. The van der Waals surface area contributed by atoms with E-state index in [-0.39, 0.29) is 6.42 Å². The van der Waals surface area contributed by atoms with E-state index in [9.17, 15) is 19.9 Å². The highest BCUT2D eigenvalue weighted by Gasteiger charge is 2.23. The number of unbranched alkanes of at least 4 members (excludes halogenated alkanes) is 11. The maximum atomic E-state index is 11.7. The standard InChI is InChI=1S/C21H39O5P/c1-2-3-4-5-6-7-8-9-10-11-12-13-14-15-16-17-20(24)27(26)21(25)19(23)18-22/h9-10,19,22-23,25H,2-8,11-18H2,1H3. The molecule has 0 bridgehead atoms. The fourth-order valence-electron chi connectivity index (χ4n) is 2.79. The second-order valence-corrected chi connectivity index (χ2v) is 8.62. The van der Waals surface area contributed by atoms with Crippen molar-refractivity contribution in [2.24, 2.45) is 0 Å². The average molecular weight is 403 g/mol. The number of allylic oxidation sites excluding steroid dienone is 2. The fourth-order valence-corrected chi connectivity index (χ4v) is 3.76. The number of hydrogen-bond donors (Lipinski definition) is 3. The molecule has 0 saturated carbocycles. The highest BCUT2D eigenvalue weighted by molar-refractivity contribution is 7.68. The Kier molecular flexibility index (Phi) is 18.4. The van der Waals surface area contributed by atoms with Crippen molar-refractivity contribution >= 4 is 18.8 Å². The van der Waals surface area contributed by atoms with Crippen LogP contribution in [0.2, 0.25) is 0 Å². The first-order valence-electron chi connectivity index (χ1n) is 10.5. The third-order valence-corrected chi connectivity index (χ3v) is 5.95. The Morgan fingerprint density at radius 1 is 0.926 bits per heavy atom. The summed E-state index contributed by atoms with van der Waals surface area (Å²) >= 11 is 0. The van der Waals surface area contributed by atoms with E-state index in [0.29, 0.717) is 6.42 Å². The Labute approximate surface area is 166 Å². The van der Waals surface area contributed by atoms with Crippen molar-refractivity contribution in [3.63, 3.8) is 0 Å². The third kappa shape index (κ3) is 15.1. The molecule has 27 heavy (non-hydrogen) atoms. The largest absolute Gasteiger partial charge is 0.622 e. The Hall–Kier alpha value is -0.580. The van der Waals surface area contributed by atoms with Crippen LogP contribution in [-0.4, -0.2) is 39.0 Å². The van der Waals surface area contributed by atoms with Crippen LogP contribution in [0.15, 0.2) is 12.2 Å². The first-order chi connectivity index (χ1) is 13.0. The number of aliphatic hydroxyl groups is 3. The van der Waals surface area contributed by atoms with Gasteiger partial charge in [-0.1, -0.05) is 70.4 Å². The molecule has 0 rings (SSSR count). The summed E-state index contributed by atoms with van der Waals surface area (Å²) in [5.41, 5.74) is -1.38. The van der Waals surface area contributed by atoms with Crippen LogP contribution < -0.4 is 4.89 Å². The van der Waals surface area contributed by atoms with Crippen molar-refractivity contribution in [1.82, 2.24) is 0 Å². The Balaban J connectivity index is 3.54. The highest BCUT2D eigenvalue weighted by atomic mass is 31.1. The van der Waals surface area contributed by atoms with E-state index in [0.717, 1.165) is 32.1 Å². The predicted molar refractivity (Wildman–Crippen MR) is 111 cm³/mol. The van der Waals surface area contributed by atoms with Crippen molar-refractivity contribution in [3.05, 3.63) is 12.2 Å². The molecule has 0 amide bonds. The van der Waals surface area contributed by atoms with Crippen LogP contribution >= 0.6 is 7.77 Å². The van der Waals surface area contributed by atoms with Crippen LogP contribution in [0.3, 0.4) is 0 Å². The van der Waals surface area contributed by atoms with E-state index in [2.05, 4.69) is 19.1 Å². The maximum absolute atomic E-state index is 11.7. The molecule has 0 fully saturated rings. The van der Waals surface area contributed by atoms with E-state index in [1.54, 1.807) is 0 Å². The lowest BCUT2D eigenvalue weighted by Gasteiger charge is -2.05. The summed E-state index contributed by atoms with van der Waals surface area (Å²) < 4.78 is 0. The molecule has 0 aliphatic rings. The average Bonchev–Trinajstić information content (AvgIpc) is 2.68. The van der Waals surface area contributed by atoms with E-state index >= 15 is 0 Å². The van der Waals surface area contributed by atoms with E-state index in [1.165, 1.54) is 44.9 Å². The van der Waals surface area contributed by atoms with E-state index in [4.69, 9.17) is 5.11 Å². The van der Waals surface area contributed by atoms with Crippen LogP contribution in [0.5, 0.6) is 0 Å². The minimum atomic E-state index is -2.63. The molecule has 0 aliphatic carbocycles. The lowest BCUT2D eigenvalue weighted by molar-refractivity contribution is -0.159. The van der Waals surface area contributed by atoms with Gasteiger partial charge in [0, 0.05) is 0 Å². The maximum Gasteiger partial charge on any atom is 0.321 e. The van der Waals surface area contributed by atoms with Gasteiger partial charge < -0.3 is 20.2 Å². The monoisotopic (exact) mass is 402 g/mol. The summed E-state index contributed by atoms with van der Waals surface area (Å²) in [6.07, 6.45) is 18.2. The molecule has 0 radical (unpaired) electrons. The Bertz CT molecular complexity index is 434. The first-order valence-corrected chi connectivity index (χ1v) is 11.8. The van der Waals surface area contributed by atoms with Crippen LogP contribution in [0.25, 0.3) is 0 Å². The second-order valence-electron chi connectivity index (χ2n) is 7.08. The normalized spacial score (nSPS) is 13.8. The first kappa shape index (κ1) is 26.4. The minimum Gasteiger partial charge on any atom is -0.622 e. The molecule has 158 valence electrons. The molecule has 0 aliphatic heterocycles. The molecule has 0 aromatic heterocycles. The SMILES string of the molecule is CCCCCCCCC=CCCCCCCCC(=O)/[P+]([O-])=C(\O)C(O)CO. The van der Waals surface area contributed by atoms with Crippen molar-refractivity contribution < 1.29 is 25.0 Å². The van der Waals surface area contributed by atoms with Gasteiger partial charge in [0.25, 0.3) is 5.48 Å². The quantitative estimate of drug-likeness (QED) is 0.182. The van der Waals surface area contributed by atoms with Crippen molar-refractivity contribution in [2.45, 2.75) is 103 Å². The molecule has 3 N–H and O–H groups in total. The van der Waals surface area contributed by atoms with Crippen LogP contribution in [0.1, 0.15) is 96.8 Å². The van der Waals surface area contributed by atoms with Gasteiger partial charge in [-0.15, -0.1) is 0 Å². The van der Waals surface area contributed by atoms with Crippen LogP contribution in [0, 0.1) is 0 Å². The van der Waals surface area contributed by atoms with Gasteiger partial charge in [-0.3, -0.25) is 0 Å². The summed E-state index contributed by atoms with van der Waals surface area (Å²) in [5.74, 6) is 0. The second kappa shape index (κ2) is 18.8. The molecule has 6 heteroatoms. The van der Waals surface area contributed by atoms with Gasteiger partial charge in [-0.05, 0) is 32.1 Å². The zero-order valence-corrected chi connectivity index (χ0v) is 17.8. The number of hydrogen-bond acceptors (Lipinski definition) is 4.